The van der Waals surface area contributed by atoms with Crippen molar-refractivity contribution in [3.8, 4) is 0 Å². The normalized spacial score (nSPS) is 11.2. The summed E-state index contributed by atoms with van der Waals surface area (Å²) in [5.41, 5.74) is 0.843. The summed E-state index contributed by atoms with van der Waals surface area (Å²) in [5, 5.41) is 13.0. The van der Waals surface area contributed by atoms with Gasteiger partial charge in [-0.1, -0.05) is 19.0 Å². The Kier molecular flexibility index (Phi) is 3.05. The maximum Gasteiger partial charge on any atom is 0.229 e. The molecule has 0 amide bonds. The molecule has 0 aromatic carbocycles. The number of aliphatic hydroxyl groups is 1. The molecule has 2 heterocycles. The molecule has 0 bridgehead atoms. The van der Waals surface area contributed by atoms with E-state index in [2.05, 4.69) is 10.1 Å². The minimum absolute atomic E-state index is 0.0158. The molecule has 0 unspecified atom stereocenters. The number of aliphatic hydroxyl groups excluding tert-OH is 1. The standard InChI is InChI=1S/C11H15N3O2/c1-8(2)11-12-10(13-16-11)6-14-5-3-4-9(14)7-15/h3-5,8,15H,6-7H2,1-2H3. The Labute approximate surface area is 93.7 Å². The van der Waals surface area contributed by atoms with Gasteiger partial charge in [-0.3, -0.25) is 0 Å². The van der Waals surface area contributed by atoms with Gasteiger partial charge in [0.15, 0.2) is 5.82 Å². The fourth-order valence-electron chi connectivity index (χ4n) is 1.47. The summed E-state index contributed by atoms with van der Waals surface area (Å²) in [4.78, 5) is 4.28. The molecule has 0 aliphatic heterocycles. The predicted molar refractivity (Wildman–Crippen MR) is 57.8 cm³/mol. The molecule has 0 saturated heterocycles. The van der Waals surface area contributed by atoms with Crippen LogP contribution in [0.5, 0.6) is 0 Å². The molecule has 16 heavy (non-hydrogen) atoms. The SMILES string of the molecule is CC(C)c1nc(Cn2cccc2CO)no1. The van der Waals surface area contributed by atoms with Crippen molar-refractivity contribution in [3.05, 3.63) is 35.7 Å². The van der Waals surface area contributed by atoms with E-state index in [1.807, 2.05) is 36.7 Å². The van der Waals surface area contributed by atoms with Crippen molar-refractivity contribution >= 4 is 0 Å². The summed E-state index contributed by atoms with van der Waals surface area (Å²) >= 11 is 0. The lowest BCUT2D eigenvalue weighted by Gasteiger charge is -2.02. The topological polar surface area (TPSA) is 64.1 Å². The zero-order valence-electron chi connectivity index (χ0n) is 9.42. The first-order valence-electron chi connectivity index (χ1n) is 5.28. The quantitative estimate of drug-likeness (QED) is 0.850. The zero-order valence-corrected chi connectivity index (χ0v) is 9.42. The van der Waals surface area contributed by atoms with Crippen molar-refractivity contribution in [1.29, 1.82) is 0 Å². The third-order valence-electron chi connectivity index (χ3n) is 2.37. The molecule has 0 radical (unpaired) electrons. The lowest BCUT2D eigenvalue weighted by molar-refractivity contribution is 0.271. The molecule has 0 aliphatic carbocycles. The number of hydrogen-bond donors (Lipinski definition) is 1. The van der Waals surface area contributed by atoms with Crippen LogP contribution in [0.4, 0.5) is 0 Å². The first-order chi connectivity index (χ1) is 7.70. The highest BCUT2D eigenvalue weighted by Gasteiger charge is 2.10. The van der Waals surface area contributed by atoms with E-state index < -0.39 is 0 Å². The second-order valence-electron chi connectivity index (χ2n) is 3.99. The van der Waals surface area contributed by atoms with Crippen LogP contribution in [0.2, 0.25) is 0 Å². The van der Waals surface area contributed by atoms with Crippen molar-refractivity contribution < 1.29 is 9.63 Å². The summed E-state index contributed by atoms with van der Waals surface area (Å²) in [7, 11) is 0. The third kappa shape index (κ3) is 2.14. The van der Waals surface area contributed by atoms with E-state index in [1.54, 1.807) is 0 Å². The lowest BCUT2D eigenvalue weighted by atomic mass is 10.2. The minimum atomic E-state index is 0.0158. The smallest absolute Gasteiger partial charge is 0.229 e. The highest BCUT2D eigenvalue weighted by atomic mass is 16.5. The number of rotatable bonds is 4. The average Bonchev–Trinajstić information content (AvgIpc) is 2.87. The van der Waals surface area contributed by atoms with Gasteiger partial charge in [0.25, 0.3) is 0 Å². The zero-order chi connectivity index (χ0) is 11.5. The maximum absolute atomic E-state index is 9.09. The highest BCUT2D eigenvalue weighted by Crippen LogP contribution is 2.12. The molecular formula is C11H15N3O2. The van der Waals surface area contributed by atoms with Crippen LogP contribution in [0.25, 0.3) is 0 Å². The Morgan fingerprint density at radius 1 is 1.50 bits per heavy atom. The Hall–Kier alpha value is -1.62. The largest absolute Gasteiger partial charge is 0.390 e. The summed E-state index contributed by atoms with van der Waals surface area (Å²) in [6.45, 7) is 4.55. The van der Waals surface area contributed by atoms with Crippen molar-refractivity contribution in [3.63, 3.8) is 0 Å². The van der Waals surface area contributed by atoms with Gasteiger partial charge in [0.1, 0.15) is 0 Å². The van der Waals surface area contributed by atoms with E-state index in [1.165, 1.54) is 0 Å². The Morgan fingerprint density at radius 2 is 2.31 bits per heavy atom. The van der Waals surface area contributed by atoms with Gasteiger partial charge in [0.05, 0.1) is 13.2 Å². The lowest BCUT2D eigenvalue weighted by Crippen LogP contribution is -2.04. The maximum atomic E-state index is 9.09. The van der Waals surface area contributed by atoms with Crippen LogP contribution >= 0.6 is 0 Å². The summed E-state index contributed by atoms with van der Waals surface area (Å²) in [5.74, 6) is 1.52. The molecule has 0 spiro atoms. The molecule has 2 rings (SSSR count). The summed E-state index contributed by atoms with van der Waals surface area (Å²) < 4.78 is 7.01. The first kappa shape index (κ1) is 10.9. The molecule has 2 aromatic rings. The average molecular weight is 221 g/mol. The van der Waals surface area contributed by atoms with Crippen molar-refractivity contribution in [1.82, 2.24) is 14.7 Å². The van der Waals surface area contributed by atoms with Gasteiger partial charge in [0, 0.05) is 17.8 Å². The first-order valence-corrected chi connectivity index (χ1v) is 5.28. The van der Waals surface area contributed by atoms with Crippen molar-refractivity contribution in [2.75, 3.05) is 0 Å². The number of nitrogens with zero attached hydrogens (tertiary/aromatic N) is 3. The third-order valence-corrected chi connectivity index (χ3v) is 2.37. The van der Waals surface area contributed by atoms with E-state index in [4.69, 9.17) is 9.63 Å². The van der Waals surface area contributed by atoms with Gasteiger partial charge in [-0.25, -0.2) is 0 Å². The molecule has 1 N–H and O–H groups in total. The molecule has 5 heteroatoms. The predicted octanol–water partition coefficient (Wildman–Crippen LogP) is 1.54. The molecule has 0 saturated carbocycles. The van der Waals surface area contributed by atoms with Gasteiger partial charge in [0.2, 0.25) is 5.89 Å². The molecule has 86 valence electrons. The van der Waals surface area contributed by atoms with E-state index in [0.29, 0.717) is 18.3 Å². The molecule has 0 fully saturated rings. The molecule has 5 nitrogen and oxygen atoms in total. The number of aromatic nitrogens is 3. The Balaban J connectivity index is 2.14. The molecule has 0 aliphatic rings. The molecule has 0 atom stereocenters. The summed E-state index contributed by atoms with van der Waals surface area (Å²) in [6, 6.07) is 3.75. The van der Waals surface area contributed by atoms with E-state index in [9.17, 15) is 0 Å². The molecular weight excluding hydrogens is 206 g/mol. The van der Waals surface area contributed by atoms with E-state index >= 15 is 0 Å². The van der Waals surface area contributed by atoms with Crippen LogP contribution in [0, 0.1) is 0 Å². The van der Waals surface area contributed by atoms with Gasteiger partial charge >= 0.3 is 0 Å². The highest BCUT2D eigenvalue weighted by molar-refractivity contribution is 5.07. The Bertz CT molecular complexity index is 459. The van der Waals surface area contributed by atoms with Crippen LogP contribution in [0.15, 0.2) is 22.9 Å². The van der Waals surface area contributed by atoms with Crippen LogP contribution in [-0.4, -0.2) is 19.8 Å². The second kappa shape index (κ2) is 4.49. The van der Waals surface area contributed by atoms with Crippen LogP contribution in [-0.2, 0) is 13.2 Å². The van der Waals surface area contributed by atoms with Gasteiger partial charge in [-0.2, -0.15) is 4.98 Å². The summed E-state index contributed by atoms with van der Waals surface area (Å²) in [6.07, 6.45) is 1.89. The van der Waals surface area contributed by atoms with Gasteiger partial charge in [-0.15, -0.1) is 0 Å². The second-order valence-corrected chi connectivity index (χ2v) is 3.99. The monoisotopic (exact) mass is 221 g/mol. The van der Waals surface area contributed by atoms with Gasteiger partial charge in [-0.05, 0) is 12.1 Å². The van der Waals surface area contributed by atoms with Crippen molar-refractivity contribution in [2.24, 2.45) is 0 Å². The van der Waals surface area contributed by atoms with E-state index in [-0.39, 0.29) is 12.5 Å². The fraction of sp³-hybridized carbons (Fsp3) is 0.455. The van der Waals surface area contributed by atoms with Crippen molar-refractivity contribution in [2.45, 2.75) is 32.9 Å². The van der Waals surface area contributed by atoms with Gasteiger partial charge < -0.3 is 14.2 Å². The number of hydrogen-bond acceptors (Lipinski definition) is 4. The molecule has 2 aromatic heterocycles. The van der Waals surface area contributed by atoms with Crippen LogP contribution in [0.1, 0.15) is 37.2 Å². The Morgan fingerprint density at radius 3 is 2.94 bits per heavy atom. The van der Waals surface area contributed by atoms with E-state index in [0.717, 1.165) is 5.69 Å². The minimum Gasteiger partial charge on any atom is -0.390 e. The fourth-order valence-corrected chi connectivity index (χ4v) is 1.47. The van der Waals surface area contributed by atoms with Crippen LogP contribution in [0.3, 0.4) is 0 Å². The van der Waals surface area contributed by atoms with Crippen LogP contribution < -0.4 is 0 Å².